The first-order valence-corrected chi connectivity index (χ1v) is 10.9. The molecule has 1 fully saturated rings. The number of piperazine rings is 1. The Balaban J connectivity index is 1.41. The predicted molar refractivity (Wildman–Crippen MR) is 123 cm³/mol. The van der Waals surface area contributed by atoms with Gasteiger partial charge >= 0.3 is 0 Å². The van der Waals surface area contributed by atoms with E-state index in [1.807, 2.05) is 12.1 Å². The monoisotopic (exact) mass is 446 g/mol. The number of ether oxygens (including phenoxy) is 2. The van der Waals surface area contributed by atoms with E-state index in [4.69, 9.17) is 9.47 Å². The van der Waals surface area contributed by atoms with Gasteiger partial charge in [-0.1, -0.05) is 12.1 Å². The molecule has 4 aromatic rings. The highest BCUT2D eigenvalue weighted by Crippen LogP contribution is 2.39. The van der Waals surface area contributed by atoms with Crippen molar-refractivity contribution in [1.82, 2.24) is 25.1 Å². The first kappa shape index (κ1) is 19.9. The fourth-order valence-electron chi connectivity index (χ4n) is 4.70. The maximum Gasteiger partial charge on any atom is 0.166 e. The highest BCUT2D eigenvalue weighted by atomic mass is 19.1. The molecular weight excluding hydrogens is 423 g/mol. The van der Waals surface area contributed by atoms with Crippen LogP contribution in [0, 0.1) is 5.82 Å². The Kier molecular flexibility index (Phi) is 4.65. The van der Waals surface area contributed by atoms with Gasteiger partial charge < -0.3 is 19.3 Å². The van der Waals surface area contributed by atoms with Crippen molar-refractivity contribution in [1.29, 1.82) is 0 Å². The van der Waals surface area contributed by atoms with Gasteiger partial charge in [-0.3, -0.25) is 5.10 Å². The second-order valence-corrected chi connectivity index (χ2v) is 8.45. The van der Waals surface area contributed by atoms with Gasteiger partial charge in [-0.25, -0.2) is 14.4 Å². The molecular formula is C24H23FN6O2. The third kappa shape index (κ3) is 3.27. The van der Waals surface area contributed by atoms with Gasteiger partial charge in [-0.2, -0.15) is 5.10 Å². The van der Waals surface area contributed by atoms with Crippen molar-refractivity contribution in [3.8, 4) is 34.1 Å². The van der Waals surface area contributed by atoms with Crippen LogP contribution >= 0.6 is 0 Å². The topological polar surface area (TPSA) is 79.4 Å². The van der Waals surface area contributed by atoms with Gasteiger partial charge in [0.15, 0.2) is 5.82 Å². The zero-order valence-corrected chi connectivity index (χ0v) is 18.4. The van der Waals surface area contributed by atoms with Crippen LogP contribution in [-0.2, 0) is 0 Å². The summed E-state index contributed by atoms with van der Waals surface area (Å²) in [6, 6.07) is 11.1. The van der Waals surface area contributed by atoms with Crippen molar-refractivity contribution in [3.05, 3.63) is 48.4 Å². The number of fused-ring (bicyclic) bond motifs is 4. The Morgan fingerprint density at radius 2 is 2.12 bits per heavy atom. The molecule has 1 unspecified atom stereocenters. The normalized spacial score (nSPS) is 18.0. The Bertz CT molecular complexity index is 1360. The fourth-order valence-corrected chi connectivity index (χ4v) is 4.70. The number of H-pyrrole nitrogens is 1. The lowest BCUT2D eigenvalue weighted by atomic mass is 10.0. The van der Waals surface area contributed by atoms with E-state index in [9.17, 15) is 4.39 Å². The Labute approximate surface area is 190 Å². The minimum absolute atomic E-state index is 0.226. The standard InChI is InChI=1S/C24H23FN6O2/c1-30-8-9-31-15(12-30)13-33-20-10-14(6-7-18(20)31)22-23-17(28-29-22)11-26-24(27-23)21-16(25)4-3-5-19(21)32-2/h3-7,10-11,15H,8-9,12-13H2,1-2H3,(H,28,29). The number of anilines is 1. The summed E-state index contributed by atoms with van der Waals surface area (Å²) >= 11 is 0. The average Bonchev–Trinajstić information content (AvgIpc) is 3.26. The van der Waals surface area contributed by atoms with Crippen LogP contribution in [0.2, 0.25) is 0 Å². The molecule has 1 N–H and O–H groups in total. The van der Waals surface area contributed by atoms with E-state index in [2.05, 4.69) is 43.1 Å². The second kappa shape index (κ2) is 7.70. The van der Waals surface area contributed by atoms with Gasteiger partial charge in [0.25, 0.3) is 0 Å². The molecule has 4 heterocycles. The van der Waals surface area contributed by atoms with Crippen LogP contribution in [0.15, 0.2) is 42.6 Å². The number of methoxy groups -OCH3 is 1. The van der Waals surface area contributed by atoms with E-state index >= 15 is 0 Å². The summed E-state index contributed by atoms with van der Waals surface area (Å²) in [6.45, 7) is 3.65. The molecule has 168 valence electrons. The molecule has 2 aliphatic heterocycles. The largest absolute Gasteiger partial charge is 0.496 e. The first-order chi connectivity index (χ1) is 16.1. The van der Waals surface area contributed by atoms with Crippen LogP contribution in [0.1, 0.15) is 0 Å². The van der Waals surface area contributed by atoms with E-state index in [1.165, 1.54) is 13.2 Å². The molecule has 0 spiro atoms. The summed E-state index contributed by atoms with van der Waals surface area (Å²) in [5, 5.41) is 7.46. The van der Waals surface area contributed by atoms with E-state index < -0.39 is 5.82 Å². The molecule has 0 saturated carbocycles. The number of halogens is 1. The molecule has 33 heavy (non-hydrogen) atoms. The molecule has 2 aliphatic rings. The number of hydrogen-bond acceptors (Lipinski definition) is 7. The number of aromatic nitrogens is 4. The Morgan fingerprint density at radius 1 is 1.21 bits per heavy atom. The number of rotatable bonds is 3. The summed E-state index contributed by atoms with van der Waals surface area (Å²) in [7, 11) is 3.64. The molecule has 9 heteroatoms. The minimum Gasteiger partial charge on any atom is -0.496 e. The van der Waals surface area contributed by atoms with Crippen LogP contribution in [0.3, 0.4) is 0 Å². The van der Waals surface area contributed by atoms with Crippen molar-refractivity contribution in [2.24, 2.45) is 0 Å². The first-order valence-electron chi connectivity index (χ1n) is 10.9. The van der Waals surface area contributed by atoms with Gasteiger partial charge in [-0.15, -0.1) is 0 Å². The zero-order valence-electron chi connectivity index (χ0n) is 18.4. The molecule has 0 bridgehead atoms. The highest BCUT2D eigenvalue weighted by molar-refractivity contribution is 5.91. The second-order valence-electron chi connectivity index (χ2n) is 8.45. The van der Waals surface area contributed by atoms with Gasteiger partial charge in [0, 0.05) is 25.2 Å². The number of hydrogen-bond donors (Lipinski definition) is 1. The molecule has 0 radical (unpaired) electrons. The summed E-state index contributed by atoms with van der Waals surface area (Å²) in [5.74, 6) is 1.02. The zero-order chi connectivity index (χ0) is 22.5. The molecule has 0 aliphatic carbocycles. The van der Waals surface area contributed by atoms with Gasteiger partial charge in [-0.05, 0) is 31.3 Å². The lowest BCUT2D eigenvalue weighted by molar-refractivity contribution is 0.188. The van der Waals surface area contributed by atoms with Gasteiger partial charge in [0.05, 0.1) is 30.6 Å². The van der Waals surface area contributed by atoms with Crippen LogP contribution in [0.5, 0.6) is 11.5 Å². The predicted octanol–water partition coefficient (Wildman–Crippen LogP) is 3.35. The van der Waals surface area contributed by atoms with Gasteiger partial charge in [0.1, 0.15) is 40.7 Å². The number of nitrogens with one attached hydrogen (secondary N) is 1. The fraction of sp³-hybridized carbons (Fsp3) is 0.292. The van der Waals surface area contributed by atoms with E-state index in [0.717, 1.165) is 36.6 Å². The van der Waals surface area contributed by atoms with Crippen molar-refractivity contribution in [2.45, 2.75) is 6.04 Å². The molecule has 8 nitrogen and oxygen atoms in total. The number of nitrogens with zero attached hydrogens (tertiary/aromatic N) is 5. The number of likely N-dealkylation sites (N-methyl/N-ethyl adjacent to an activating group) is 1. The molecule has 0 amide bonds. The SMILES string of the molecule is COc1cccc(F)c1-c1ncc2[nH]nc(-c3ccc4c(c3)OCC3CN(C)CCN43)c2n1. The van der Waals surface area contributed by atoms with E-state index in [-0.39, 0.29) is 11.4 Å². The maximum absolute atomic E-state index is 14.6. The molecule has 1 atom stereocenters. The van der Waals surface area contributed by atoms with Crippen LogP contribution in [0.4, 0.5) is 10.1 Å². The smallest absolute Gasteiger partial charge is 0.166 e. The summed E-state index contributed by atoms with van der Waals surface area (Å²) in [6.07, 6.45) is 1.61. The molecule has 2 aromatic heterocycles. The molecule has 6 rings (SSSR count). The average molecular weight is 446 g/mol. The highest BCUT2D eigenvalue weighted by Gasteiger charge is 2.32. The maximum atomic E-state index is 14.6. The van der Waals surface area contributed by atoms with E-state index in [1.54, 1.807) is 18.3 Å². The number of aromatic amines is 1. The Morgan fingerprint density at radius 3 is 3.00 bits per heavy atom. The van der Waals surface area contributed by atoms with Crippen molar-refractivity contribution in [2.75, 3.05) is 45.3 Å². The van der Waals surface area contributed by atoms with Crippen molar-refractivity contribution < 1.29 is 13.9 Å². The third-order valence-electron chi connectivity index (χ3n) is 6.38. The summed E-state index contributed by atoms with van der Waals surface area (Å²) < 4.78 is 26.1. The van der Waals surface area contributed by atoms with Gasteiger partial charge in [0.2, 0.25) is 0 Å². The quantitative estimate of drug-likeness (QED) is 0.517. The third-order valence-corrected chi connectivity index (χ3v) is 6.38. The van der Waals surface area contributed by atoms with Crippen LogP contribution in [0.25, 0.3) is 33.7 Å². The molecule has 1 saturated heterocycles. The van der Waals surface area contributed by atoms with Crippen LogP contribution in [-0.4, -0.2) is 71.5 Å². The summed E-state index contributed by atoms with van der Waals surface area (Å²) in [4.78, 5) is 13.8. The lowest BCUT2D eigenvalue weighted by Gasteiger charge is -2.44. The number of benzene rings is 2. The van der Waals surface area contributed by atoms with Crippen LogP contribution < -0.4 is 14.4 Å². The Hall–Kier alpha value is -3.72. The van der Waals surface area contributed by atoms with E-state index in [0.29, 0.717) is 35.1 Å². The van der Waals surface area contributed by atoms with Crippen molar-refractivity contribution in [3.63, 3.8) is 0 Å². The summed E-state index contributed by atoms with van der Waals surface area (Å²) in [5.41, 5.74) is 4.15. The molecule has 2 aromatic carbocycles. The van der Waals surface area contributed by atoms with Crippen molar-refractivity contribution >= 4 is 16.7 Å². The minimum atomic E-state index is -0.442. The lowest BCUT2D eigenvalue weighted by Crippen LogP contribution is -2.56.